The maximum absolute atomic E-state index is 6.89. The monoisotopic (exact) mass is 446 g/mol. The van der Waals surface area contributed by atoms with Crippen LogP contribution in [0.2, 0.25) is 8.87 Å². The molecule has 1 saturated heterocycles. The molecule has 2 aromatic rings. The van der Waals surface area contributed by atoms with E-state index in [0.717, 1.165) is 0 Å². The van der Waals surface area contributed by atoms with Crippen molar-refractivity contribution >= 4 is 19.2 Å². The van der Waals surface area contributed by atoms with Gasteiger partial charge in [-0.3, -0.25) is 0 Å². The van der Waals surface area contributed by atoms with Crippen LogP contribution >= 0.6 is 0 Å². The van der Waals surface area contributed by atoms with E-state index in [2.05, 4.69) is 74.5 Å². The summed E-state index contributed by atoms with van der Waals surface area (Å²) < 4.78 is 16.1. The van der Waals surface area contributed by atoms with Gasteiger partial charge in [-0.15, -0.1) is 0 Å². The molecule has 0 N–H and O–H groups in total. The van der Waals surface area contributed by atoms with E-state index in [1.54, 1.807) is 0 Å². The van der Waals surface area contributed by atoms with Crippen LogP contribution in [0.15, 0.2) is 60.7 Å². The first-order valence-corrected chi connectivity index (χ1v) is 16.1. The molecule has 1 heterocycles. The van der Waals surface area contributed by atoms with Gasteiger partial charge in [0.2, 0.25) is 0 Å². The van der Waals surface area contributed by atoms with Gasteiger partial charge in [-0.25, -0.2) is 0 Å². The predicted molar refractivity (Wildman–Crippen MR) is 106 cm³/mol. The molecule has 0 radical (unpaired) electrons. The van der Waals surface area contributed by atoms with Gasteiger partial charge in [-0.2, -0.15) is 0 Å². The Morgan fingerprint density at radius 2 is 1.08 bits per heavy atom. The molecular formula is C22H30O2Sn. The molecule has 1 aliphatic rings. The fourth-order valence-electron chi connectivity index (χ4n) is 3.64. The summed E-state index contributed by atoms with van der Waals surface area (Å²) in [6.07, 6.45) is 4.97. The third-order valence-corrected chi connectivity index (χ3v) is 15.3. The summed E-state index contributed by atoms with van der Waals surface area (Å²) in [4.78, 5) is 0. The summed E-state index contributed by atoms with van der Waals surface area (Å²) in [5, 5.41) is 0. The summed E-state index contributed by atoms with van der Waals surface area (Å²) >= 11 is -3.04. The molecule has 0 unspecified atom stereocenters. The van der Waals surface area contributed by atoms with Crippen molar-refractivity contribution in [3.8, 4) is 0 Å². The molecule has 2 aromatic carbocycles. The van der Waals surface area contributed by atoms with Gasteiger partial charge in [-0.05, 0) is 0 Å². The Labute approximate surface area is 157 Å². The van der Waals surface area contributed by atoms with Crippen molar-refractivity contribution in [2.24, 2.45) is 0 Å². The van der Waals surface area contributed by atoms with E-state index in [-0.39, 0.29) is 12.2 Å². The van der Waals surface area contributed by atoms with Gasteiger partial charge in [0.25, 0.3) is 0 Å². The Bertz CT molecular complexity index is 571. The molecule has 1 aliphatic heterocycles. The van der Waals surface area contributed by atoms with Crippen molar-refractivity contribution < 1.29 is 6.15 Å². The Kier molecular flexibility index (Phi) is 6.97. The van der Waals surface area contributed by atoms with E-state index in [1.807, 2.05) is 0 Å². The number of hydrogen-bond donors (Lipinski definition) is 0. The third-order valence-electron chi connectivity index (χ3n) is 5.04. The molecule has 0 aromatic heterocycles. The third kappa shape index (κ3) is 4.66. The Balaban J connectivity index is 1.92. The van der Waals surface area contributed by atoms with E-state index >= 15 is 0 Å². The second kappa shape index (κ2) is 9.20. The molecule has 0 saturated carbocycles. The molecule has 0 amide bonds. The van der Waals surface area contributed by atoms with Crippen LogP contribution in [0.3, 0.4) is 0 Å². The minimum atomic E-state index is -3.04. The molecule has 2 atom stereocenters. The van der Waals surface area contributed by atoms with Crippen LogP contribution in [-0.4, -0.2) is 19.2 Å². The molecule has 0 aliphatic carbocycles. The first-order chi connectivity index (χ1) is 12.3. The molecule has 0 bridgehead atoms. The van der Waals surface area contributed by atoms with Crippen molar-refractivity contribution in [2.45, 2.75) is 60.6 Å². The van der Waals surface area contributed by atoms with Gasteiger partial charge >= 0.3 is 158 Å². The van der Waals surface area contributed by atoms with Crippen LogP contribution < -0.4 is 0 Å². The molecular weight excluding hydrogens is 415 g/mol. The molecule has 3 rings (SSSR count). The van der Waals surface area contributed by atoms with E-state index in [1.165, 1.54) is 45.7 Å². The SMILES string of the molecule is CCC[CH2][Sn]1([CH2]CCC)[O][C@@H](c2ccccc2)[C@H](c2ccccc2)[O]1. The van der Waals surface area contributed by atoms with Gasteiger partial charge in [-0.1, -0.05) is 0 Å². The van der Waals surface area contributed by atoms with Crippen LogP contribution in [0.5, 0.6) is 0 Å². The van der Waals surface area contributed by atoms with Crippen LogP contribution in [0.4, 0.5) is 0 Å². The molecule has 3 heteroatoms. The Hall–Kier alpha value is -0.841. The summed E-state index contributed by atoms with van der Waals surface area (Å²) in [5.74, 6) is 0. The first kappa shape index (κ1) is 18.9. The van der Waals surface area contributed by atoms with E-state index in [0.29, 0.717) is 0 Å². The zero-order chi connectivity index (χ0) is 17.5. The molecule has 25 heavy (non-hydrogen) atoms. The Morgan fingerprint density at radius 1 is 0.680 bits per heavy atom. The van der Waals surface area contributed by atoms with Crippen LogP contribution in [-0.2, 0) is 6.15 Å². The predicted octanol–water partition coefficient (Wildman–Crippen LogP) is 6.56. The van der Waals surface area contributed by atoms with Crippen LogP contribution in [0, 0.1) is 0 Å². The van der Waals surface area contributed by atoms with Crippen molar-refractivity contribution in [3.05, 3.63) is 71.8 Å². The van der Waals surface area contributed by atoms with E-state index < -0.39 is 19.2 Å². The van der Waals surface area contributed by atoms with Gasteiger partial charge in [0.15, 0.2) is 0 Å². The fraction of sp³-hybridized carbons (Fsp3) is 0.455. The zero-order valence-electron chi connectivity index (χ0n) is 15.5. The minimum absolute atomic E-state index is 0.0492. The summed E-state index contributed by atoms with van der Waals surface area (Å²) in [6.45, 7) is 4.52. The second-order valence-electron chi connectivity index (χ2n) is 7.02. The number of benzene rings is 2. The standard InChI is InChI=1S/C14H12O2.2C4H9.Sn/c15-13(11-7-3-1-4-8-11)14(16)12-9-5-2-6-10-12;2*1-3-4-2;/h1-10,13-14H;2*1,3-4H2,2H3;/q-2;;;+2/t13-,14-;;;/m0.../s1. The molecule has 2 nitrogen and oxygen atoms in total. The topological polar surface area (TPSA) is 18.5 Å². The number of rotatable bonds is 8. The summed E-state index contributed by atoms with van der Waals surface area (Å²) in [7, 11) is 0. The van der Waals surface area contributed by atoms with Crippen molar-refractivity contribution in [1.82, 2.24) is 0 Å². The normalized spacial score (nSPS) is 22.2. The van der Waals surface area contributed by atoms with E-state index in [9.17, 15) is 0 Å². The van der Waals surface area contributed by atoms with E-state index in [4.69, 9.17) is 6.15 Å². The average Bonchev–Trinajstić information content (AvgIpc) is 3.06. The zero-order valence-corrected chi connectivity index (χ0v) is 18.3. The molecule has 0 spiro atoms. The first-order valence-electron chi connectivity index (χ1n) is 9.73. The fourth-order valence-corrected chi connectivity index (χ4v) is 15.1. The van der Waals surface area contributed by atoms with Crippen LogP contribution in [0.25, 0.3) is 0 Å². The Morgan fingerprint density at radius 3 is 1.44 bits per heavy atom. The summed E-state index contributed by atoms with van der Waals surface area (Å²) in [6, 6.07) is 21.3. The van der Waals surface area contributed by atoms with Crippen LogP contribution in [0.1, 0.15) is 62.9 Å². The van der Waals surface area contributed by atoms with Gasteiger partial charge in [0.05, 0.1) is 0 Å². The quantitative estimate of drug-likeness (QED) is 0.429. The van der Waals surface area contributed by atoms with Gasteiger partial charge in [0, 0.05) is 0 Å². The number of hydrogen-bond acceptors (Lipinski definition) is 2. The molecule has 134 valence electrons. The van der Waals surface area contributed by atoms with Gasteiger partial charge < -0.3 is 0 Å². The summed E-state index contributed by atoms with van der Waals surface area (Å²) in [5.41, 5.74) is 2.51. The number of unbranched alkanes of at least 4 members (excludes halogenated alkanes) is 2. The van der Waals surface area contributed by atoms with Crippen molar-refractivity contribution in [3.63, 3.8) is 0 Å². The van der Waals surface area contributed by atoms with Crippen molar-refractivity contribution in [1.29, 1.82) is 0 Å². The second-order valence-corrected chi connectivity index (χ2v) is 16.4. The van der Waals surface area contributed by atoms with Gasteiger partial charge in [0.1, 0.15) is 0 Å². The van der Waals surface area contributed by atoms with Crippen molar-refractivity contribution in [2.75, 3.05) is 0 Å². The molecule has 1 fully saturated rings. The average molecular weight is 445 g/mol. The maximum atomic E-state index is 6.89.